The maximum atomic E-state index is 12.4. The summed E-state index contributed by atoms with van der Waals surface area (Å²) in [5, 5.41) is 23.1. The number of aliphatic hydroxyl groups excluding tert-OH is 2. The topological polar surface area (TPSA) is 95.9 Å². The fourth-order valence-electron chi connectivity index (χ4n) is 9.05. The predicted octanol–water partition coefficient (Wildman–Crippen LogP) is 17.1. The fraction of sp³-hybridized carbons (Fsp3) is 0.964. The lowest BCUT2D eigenvalue weighted by molar-refractivity contribution is -0.143. The third kappa shape index (κ3) is 48.3. The van der Waals surface area contributed by atoms with Crippen molar-refractivity contribution in [1.82, 2.24) is 5.32 Å². The van der Waals surface area contributed by atoms with Crippen LogP contribution in [0.2, 0.25) is 0 Å². The maximum absolute atomic E-state index is 12.4. The largest absolute Gasteiger partial charge is 0.466 e. The standard InChI is InChI=1S/C56H111NO5/c1-3-5-7-9-11-13-15-16-17-18-21-24-27-30-34-38-42-46-50-56(61)62-51-47-43-39-35-31-28-25-22-19-20-23-26-29-33-37-41-45-49-55(60)57-53(52-58)54(59)48-44-40-36-32-14-12-10-8-6-4-2/h53-54,58-59H,3-52H2,1-2H3,(H,57,60). The Kier molecular flexibility index (Phi) is 51.5. The van der Waals surface area contributed by atoms with Crippen molar-refractivity contribution < 1.29 is 24.5 Å². The lowest BCUT2D eigenvalue weighted by Gasteiger charge is -2.22. The summed E-state index contributed by atoms with van der Waals surface area (Å²) in [6.45, 7) is 4.95. The smallest absolute Gasteiger partial charge is 0.305 e. The van der Waals surface area contributed by atoms with Gasteiger partial charge in [0, 0.05) is 12.8 Å². The van der Waals surface area contributed by atoms with Crippen molar-refractivity contribution in [2.45, 2.75) is 334 Å². The third-order valence-electron chi connectivity index (χ3n) is 13.4. The summed E-state index contributed by atoms with van der Waals surface area (Å²) in [7, 11) is 0. The quantitative estimate of drug-likeness (QED) is 0.0418. The van der Waals surface area contributed by atoms with Crippen molar-refractivity contribution in [2.24, 2.45) is 0 Å². The van der Waals surface area contributed by atoms with E-state index in [1.807, 2.05) is 0 Å². The Morgan fingerprint density at radius 3 is 0.984 bits per heavy atom. The van der Waals surface area contributed by atoms with E-state index in [-0.39, 0.29) is 18.5 Å². The molecule has 3 N–H and O–H groups in total. The van der Waals surface area contributed by atoms with Crippen LogP contribution in [0.25, 0.3) is 0 Å². The average molecular weight is 879 g/mol. The molecule has 0 bridgehead atoms. The molecule has 0 saturated heterocycles. The van der Waals surface area contributed by atoms with E-state index in [1.165, 1.54) is 250 Å². The summed E-state index contributed by atoms with van der Waals surface area (Å²) in [6.07, 6.45) is 59.5. The first kappa shape index (κ1) is 60.9. The number of aliphatic hydroxyl groups is 2. The lowest BCUT2D eigenvalue weighted by atomic mass is 10.0. The van der Waals surface area contributed by atoms with Crippen molar-refractivity contribution in [3.63, 3.8) is 0 Å². The van der Waals surface area contributed by atoms with E-state index in [4.69, 9.17) is 4.74 Å². The number of esters is 1. The number of rotatable bonds is 53. The third-order valence-corrected chi connectivity index (χ3v) is 13.4. The van der Waals surface area contributed by atoms with Gasteiger partial charge in [0.15, 0.2) is 0 Å². The minimum Gasteiger partial charge on any atom is -0.466 e. The van der Waals surface area contributed by atoms with Crippen LogP contribution >= 0.6 is 0 Å². The Morgan fingerprint density at radius 2 is 0.661 bits per heavy atom. The molecule has 0 rings (SSSR count). The van der Waals surface area contributed by atoms with Crippen molar-refractivity contribution in [1.29, 1.82) is 0 Å². The zero-order valence-corrected chi connectivity index (χ0v) is 42.1. The van der Waals surface area contributed by atoms with Crippen LogP contribution in [0, 0.1) is 0 Å². The second-order valence-electron chi connectivity index (χ2n) is 19.6. The summed E-state index contributed by atoms with van der Waals surface area (Å²) >= 11 is 0. The number of carbonyl (C=O) groups excluding carboxylic acids is 2. The van der Waals surface area contributed by atoms with Gasteiger partial charge in [0.25, 0.3) is 0 Å². The Hall–Kier alpha value is -1.14. The van der Waals surface area contributed by atoms with Gasteiger partial charge in [0.05, 0.1) is 25.4 Å². The van der Waals surface area contributed by atoms with Gasteiger partial charge in [-0.2, -0.15) is 0 Å². The average Bonchev–Trinajstić information content (AvgIpc) is 3.27. The van der Waals surface area contributed by atoms with Gasteiger partial charge >= 0.3 is 5.97 Å². The molecule has 62 heavy (non-hydrogen) atoms. The summed E-state index contributed by atoms with van der Waals surface area (Å²) in [6, 6.07) is -0.542. The van der Waals surface area contributed by atoms with Crippen LogP contribution in [0.4, 0.5) is 0 Å². The number of nitrogens with one attached hydrogen (secondary N) is 1. The molecular weight excluding hydrogens is 767 g/mol. The summed E-state index contributed by atoms with van der Waals surface area (Å²) in [5.41, 5.74) is 0. The first-order valence-electron chi connectivity index (χ1n) is 28.3. The normalized spacial score (nSPS) is 12.5. The van der Waals surface area contributed by atoms with Gasteiger partial charge in [-0.25, -0.2) is 0 Å². The van der Waals surface area contributed by atoms with Gasteiger partial charge in [-0.15, -0.1) is 0 Å². The molecule has 0 spiro atoms. The zero-order chi connectivity index (χ0) is 45.1. The van der Waals surface area contributed by atoms with Gasteiger partial charge in [-0.05, 0) is 25.7 Å². The monoisotopic (exact) mass is 878 g/mol. The van der Waals surface area contributed by atoms with Gasteiger partial charge in [-0.3, -0.25) is 9.59 Å². The van der Waals surface area contributed by atoms with Crippen LogP contribution in [-0.2, 0) is 14.3 Å². The molecule has 0 aliphatic heterocycles. The van der Waals surface area contributed by atoms with Gasteiger partial charge in [-0.1, -0.05) is 284 Å². The van der Waals surface area contributed by atoms with Crippen molar-refractivity contribution in [3.8, 4) is 0 Å². The molecule has 0 aliphatic rings. The molecule has 0 heterocycles. The highest BCUT2D eigenvalue weighted by Gasteiger charge is 2.20. The van der Waals surface area contributed by atoms with E-state index in [9.17, 15) is 19.8 Å². The van der Waals surface area contributed by atoms with Crippen LogP contribution in [0.5, 0.6) is 0 Å². The first-order valence-corrected chi connectivity index (χ1v) is 28.3. The Labute approximate surface area is 387 Å². The van der Waals surface area contributed by atoms with E-state index >= 15 is 0 Å². The molecule has 0 fully saturated rings. The number of hydrogen-bond donors (Lipinski definition) is 3. The molecule has 2 atom stereocenters. The van der Waals surface area contributed by atoms with Crippen molar-refractivity contribution in [2.75, 3.05) is 13.2 Å². The van der Waals surface area contributed by atoms with E-state index < -0.39 is 12.1 Å². The zero-order valence-electron chi connectivity index (χ0n) is 42.1. The van der Waals surface area contributed by atoms with E-state index in [0.29, 0.717) is 25.9 Å². The molecule has 0 aliphatic carbocycles. The molecule has 6 heteroatoms. The second-order valence-corrected chi connectivity index (χ2v) is 19.6. The molecule has 0 aromatic carbocycles. The van der Waals surface area contributed by atoms with Crippen molar-refractivity contribution in [3.05, 3.63) is 0 Å². The number of hydrogen-bond acceptors (Lipinski definition) is 5. The SMILES string of the molecule is CCCCCCCCCCCCCCCCCCCCC(=O)OCCCCCCCCCCCCCCCCCCCC(=O)NC(CO)C(O)CCCCCCCCCCCC. The molecule has 1 amide bonds. The van der Waals surface area contributed by atoms with E-state index in [2.05, 4.69) is 19.2 Å². The van der Waals surface area contributed by atoms with Crippen LogP contribution in [0.3, 0.4) is 0 Å². The van der Waals surface area contributed by atoms with E-state index in [0.717, 1.165) is 38.5 Å². The van der Waals surface area contributed by atoms with Gasteiger partial charge < -0.3 is 20.3 Å². The summed E-state index contributed by atoms with van der Waals surface area (Å²) in [5.74, 6) is -0.0299. The molecule has 0 saturated carbocycles. The summed E-state index contributed by atoms with van der Waals surface area (Å²) < 4.78 is 5.49. The van der Waals surface area contributed by atoms with E-state index in [1.54, 1.807) is 0 Å². The minimum absolute atomic E-state index is 0.0103. The molecule has 0 aromatic rings. The molecule has 6 nitrogen and oxygen atoms in total. The molecule has 0 radical (unpaired) electrons. The molecule has 2 unspecified atom stereocenters. The minimum atomic E-state index is -0.664. The Balaban J connectivity index is 3.35. The molecular formula is C56H111NO5. The molecule has 370 valence electrons. The van der Waals surface area contributed by atoms with Crippen LogP contribution < -0.4 is 5.32 Å². The maximum Gasteiger partial charge on any atom is 0.305 e. The van der Waals surface area contributed by atoms with Crippen LogP contribution in [0.15, 0.2) is 0 Å². The van der Waals surface area contributed by atoms with Gasteiger partial charge in [0.2, 0.25) is 5.91 Å². The number of carbonyl (C=O) groups is 2. The van der Waals surface area contributed by atoms with Crippen molar-refractivity contribution >= 4 is 11.9 Å². The number of amides is 1. The van der Waals surface area contributed by atoms with Crippen LogP contribution in [-0.4, -0.2) is 47.4 Å². The highest BCUT2D eigenvalue weighted by Crippen LogP contribution is 2.18. The second kappa shape index (κ2) is 52.5. The Morgan fingerprint density at radius 1 is 0.387 bits per heavy atom. The Bertz CT molecular complexity index is 882. The van der Waals surface area contributed by atoms with Gasteiger partial charge in [0.1, 0.15) is 0 Å². The number of ether oxygens (including phenoxy) is 1. The fourth-order valence-corrected chi connectivity index (χ4v) is 9.05. The highest BCUT2D eigenvalue weighted by molar-refractivity contribution is 5.76. The molecule has 0 aromatic heterocycles. The summed E-state index contributed by atoms with van der Waals surface area (Å²) in [4.78, 5) is 24.5. The number of unbranched alkanes of at least 4 members (excludes halogenated alkanes) is 42. The lowest BCUT2D eigenvalue weighted by Crippen LogP contribution is -2.45. The first-order chi connectivity index (χ1) is 30.5. The highest BCUT2D eigenvalue weighted by atomic mass is 16.5. The van der Waals surface area contributed by atoms with Crippen LogP contribution in [0.1, 0.15) is 322 Å². The predicted molar refractivity (Wildman–Crippen MR) is 269 cm³/mol.